The minimum atomic E-state index is -2.68. The van der Waals surface area contributed by atoms with Gasteiger partial charge in [-0.15, -0.1) is 0 Å². The second kappa shape index (κ2) is 13.4. The van der Waals surface area contributed by atoms with Crippen LogP contribution in [-0.4, -0.2) is 39.8 Å². The molecule has 0 aliphatic carbocycles. The van der Waals surface area contributed by atoms with Crippen molar-refractivity contribution in [2.24, 2.45) is 0 Å². The van der Waals surface area contributed by atoms with Gasteiger partial charge in [0.05, 0.1) is 6.04 Å². The quantitative estimate of drug-likeness (QED) is 0.257. The summed E-state index contributed by atoms with van der Waals surface area (Å²) in [4.78, 5) is 0. The first-order chi connectivity index (χ1) is 10.5. The molecule has 22 heavy (non-hydrogen) atoms. The molecular formula is C16H34O4SSi. The summed E-state index contributed by atoms with van der Waals surface area (Å²) >= 11 is 5.13. The van der Waals surface area contributed by atoms with Crippen LogP contribution in [0.5, 0.6) is 0 Å². The summed E-state index contributed by atoms with van der Waals surface area (Å²) in [6, 6.07) is 0.669. The highest BCUT2D eigenvalue weighted by Gasteiger charge is 2.43. The van der Waals surface area contributed by atoms with Crippen LogP contribution in [0.3, 0.4) is 0 Å². The lowest BCUT2D eigenvalue weighted by molar-refractivity contribution is 0.0565. The highest BCUT2D eigenvalue weighted by atomic mass is 32.1. The molecule has 0 aromatic rings. The molecule has 0 rings (SSSR count). The number of rotatable bonds is 14. The third-order valence-electron chi connectivity index (χ3n) is 3.28. The van der Waals surface area contributed by atoms with Crippen molar-refractivity contribution in [2.45, 2.75) is 78.9 Å². The van der Waals surface area contributed by atoms with Gasteiger partial charge < -0.3 is 18.0 Å². The zero-order valence-corrected chi connectivity index (χ0v) is 16.8. The molecule has 0 saturated heterocycles. The molecule has 0 bridgehead atoms. The Morgan fingerprint density at radius 1 is 0.909 bits per heavy atom. The number of hydrogen-bond acceptors (Lipinski definition) is 5. The smallest absolute Gasteiger partial charge is 0.484 e. The maximum Gasteiger partial charge on any atom is 0.504 e. The van der Waals surface area contributed by atoms with E-state index < -0.39 is 8.80 Å². The lowest BCUT2D eigenvalue weighted by atomic mass is 10.1. The van der Waals surface area contributed by atoms with Crippen molar-refractivity contribution in [3.8, 4) is 0 Å². The second-order valence-corrected chi connectivity index (χ2v) is 8.48. The molecule has 132 valence electrons. The number of ether oxygens (including phenoxy) is 1. The van der Waals surface area contributed by atoms with E-state index in [1.54, 1.807) is 0 Å². The number of hydrogen-bond donors (Lipinski definition) is 0. The summed E-state index contributed by atoms with van der Waals surface area (Å²) in [5.41, 5.74) is 0. The normalized spacial score (nSPS) is 13.1. The first kappa shape index (κ1) is 22.0. The van der Waals surface area contributed by atoms with E-state index in [2.05, 4.69) is 6.92 Å². The van der Waals surface area contributed by atoms with Crippen LogP contribution in [0.15, 0.2) is 0 Å². The van der Waals surface area contributed by atoms with Gasteiger partial charge in [-0.3, -0.25) is 0 Å². The highest BCUT2D eigenvalue weighted by Crippen LogP contribution is 2.23. The average molecular weight is 351 g/mol. The van der Waals surface area contributed by atoms with Crippen molar-refractivity contribution in [1.29, 1.82) is 0 Å². The van der Waals surface area contributed by atoms with Crippen LogP contribution in [0, 0.1) is 0 Å². The summed E-state index contributed by atoms with van der Waals surface area (Å²) in [6.45, 7) is 11.7. The molecule has 0 fully saturated rings. The van der Waals surface area contributed by atoms with Crippen molar-refractivity contribution < 1.29 is 18.0 Å². The number of thiocarbonyl (C=S) groups is 1. The zero-order valence-electron chi connectivity index (χ0n) is 15.0. The first-order valence-electron chi connectivity index (χ1n) is 8.62. The van der Waals surface area contributed by atoms with Gasteiger partial charge in [0.1, 0.15) is 6.10 Å². The predicted molar refractivity (Wildman–Crippen MR) is 97.3 cm³/mol. The Morgan fingerprint density at radius 2 is 1.45 bits per heavy atom. The molecule has 0 aromatic heterocycles. The molecule has 0 N–H and O–H groups in total. The molecule has 0 aliphatic rings. The van der Waals surface area contributed by atoms with Gasteiger partial charge in [0.25, 0.3) is 0 Å². The molecule has 4 nitrogen and oxygen atoms in total. The Labute approximate surface area is 143 Å². The van der Waals surface area contributed by atoms with Gasteiger partial charge in [0.15, 0.2) is 5.05 Å². The summed E-state index contributed by atoms with van der Waals surface area (Å²) < 4.78 is 23.6. The van der Waals surface area contributed by atoms with E-state index in [-0.39, 0.29) is 6.10 Å². The van der Waals surface area contributed by atoms with E-state index in [9.17, 15) is 0 Å². The van der Waals surface area contributed by atoms with Gasteiger partial charge >= 0.3 is 8.80 Å². The van der Waals surface area contributed by atoms with Crippen molar-refractivity contribution in [3.63, 3.8) is 0 Å². The van der Waals surface area contributed by atoms with Crippen LogP contribution < -0.4 is 0 Å². The van der Waals surface area contributed by atoms with Crippen molar-refractivity contribution in [2.75, 3.05) is 19.8 Å². The monoisotopic (exact) mass is 350 g/mol. The van der Waals surface area contributed by atoms with Gasteiger partial charge in [-0.2, -0.15) is 0 Å². The summed E-state index contributed by atoms with van der Waals surface area (Å²) in [6.07, 6.45) is 5.83. The fraction of sp³-hybridized carbons (Fsp3) is 0.938. The minimum Gasteiger partial charge on any atom is -0.484 e. The van der Waals surface area contributed by atoms with Crippen LogP contribution in [0.1, 0.15) is 66.7 Å². The lowest BCUT2D eigenvalue weighted by Crippen LogP contribution is -2.49. The van der Waals surface area contributed by atoms with Gasteiger partial charge in [-0.25, -0.2) is 0 Å². The van der Waals surface area contributed by atoms with Crippen molar-refractivity contribution >= 4 is 26.1 Å². The molecule has 0 aromatic carbocycles. The Bertz CT molecular complexity index is 272. The summed E-state index contributed by atoms with van der Waals surface area (Å²) in [7, 11) is -2.68. The highest BCUT2D eigenvalue weighted by molar-refractivity contribution is 7.80. The number of unbranched alkanes of at least 4 members (excludes halogenated alkanes) is 3. The van der Waals surface area contributed by atoms with Crippen LogP contribution in [0.4, 0.5) is 0 Å². The molecule has 1 unspecified atom stereocenters. The summed E-state index contributed by atoms with van der Waals surface area (Å²) in [5, 5.41) is 0.577. The fourth-order valence-electron chi connectivity index (χ4n) is 2.48. The maximum atomic E-state index is 5.92. The van der Waals surface area contributed by atoms with E-state index in [1.807, 2.05) is 27.7 Å². The van der Waals surface area contributed by atoms with E-state index in [0.717, 1.165) is 12.8 Å². The molecular weight excluding hydrogens is 316 g/mol. The molecule has 0 radical (unpaired) electrons. The lowest BCUT2D eigenvalue weighted by Gasteiger charge is -2.31. The first-order valence-corrected chi connectivity index (χ1v) is 11.0. The third-order valence-corrected chi connectivity index (χ3v) is 6.52. The van der Waals surface area contributed by atoms with Crippen LogP contribution >= 0.6 is 12.2 Å². The molecule has 0 saturated carbocycles. The minimum absolute atomic E-state index is 0.0191. The predicted octanol–water partition coefficient (Wildman–Crippen LogP) is 4.74. The molecule has 0 spiro atoms. The topological polar surface area (TPSA) is 36.9 Å². The standard InChI is InChI=1S/C16H34O4SSi/c1-6-10-11-12-13-16(20-15(5)21)14-22(17-7-2,18-8-3)19-9-4/h16H,6-14H2,1-5H3. The summed E-state index contributed by atoms with van der Waals surface area (Å²) in [5.74, 6) is 0. The zero-order chi connectivity index (χ0) is 16.8. The fourth-order valence-corrected chi connectivity index (χ4v) is 5.38. The van der Waals surface area contributed by atoms with E-state index >= 15 is 0 Å². The Morgan fingerprint density at radius 3 is 1.86 bits per heavy atom. The Hall–Kier alpha value is -0.0131. The van der Waals surface area contributed by atoms with Crippen LogP contribution in [0.25, 0.3) is 0 Å². The Kier molecular flexibility index (Phi) is 13.4. The van der Waals surface area contributed by atoms with Crippen molar-refractivity contribution in [1.82, 2.24) is 0 Å². The average Bonchev–Trinajstić information content (AvgIpc) is 2.43. The van der Waals surface area contributed by atoms with E-state index in [0.29, 0.717) is 30.9 Å². The molecule has 0 aliphatic heterocycles. The van der Waals surface area contributed by atoms with Gasteiger partial charge in [0, 0.05) is 26.7 Å². The van der Waals surface area contributed by atoms with E-state index in [1.165, 1.54) is 19.3 Å². The third kappa shape index (κ3) is 9.89. The molecule has 0 heterocycles. The van der Waals surface area contributed by atoms with Gasteiger partial charge in [0.2, 0.25) is 0 Å². The van der Waals surface area contributed by atoms with Crippen LogP contribution in [0.2, 0.25) is 6.04 Å². The second-order valence-electron chi connectivity index (χ2n) is 5.27. The molecule has 0 amide bonds. The molecule has 1 atom stereocenters. The van der Waals surface area contributed by atoms with Gasteiger partial charge in [-0.05, 0) is 45.8 Å². The Balaban J connectivity index is 4.78. The largest absolute Gasteiger partial charge is 0.504 e. The SMILES string of the molecule is CCCCCCC(C[Si](OCC)(OCC)OCC)OC(C)=S. The maximum absolute atomic E-state index is 5.92. The van der Waals surface area contributed by atoms with Crippen LogP contribution in [-0.2, 0) is 18.0 Å². The van der Waals surface area contributed by atoms with Gasteiger partial charge in [-0.1, -0.05) is 26.2 Å². The molecule has 6 heteroatoms. The van der Waals surface area contributed by atoms with E-state index in [4.69, 9.17) is 30.2 Å². The van der Waals surface area contributed by atoms with Crippen molar-refractivity contribution in [3.05, 3.63) is 0 Å².